The molecule has 3 rings (SSSR count). The SMILES string of the molecule is COC(=O)Nc1ccc(-c2cn(COCC[Si](C)(C)C)c(C(=O)c3ccc(Br)cn3)n2)c(N)c1. The zero-order chi connectivity index (χ0) is 24.9. The molecule has 34 heavy (non-hydrogen) atoms. The molecule has 0 aliphatic rings. The van der Waals surface area contributed by atoms with E-state index in [4.69, 9.17) is 10.5 Å². The monoisotopic (exact) mass is 545 g/mol. The molecule has 0 atom stereocenters. The molecule has 0 fully saturated rings. The lowest BCUT2D eigenvalue weighted by Crippen LogP contribution is -2.22. The van der Waals surface area contributed by atoms with E-state index >= 15 is 0 Å². The third-order valence-electron chi connectivity index (χ3n) is 4.93. The summed E-state index contributed by atoms with van der Waals surface area (Å²) in [6, 6.07) is 9.42. The second kappa shape index (κ2) is 10.9. The van der Waals surface area contributed by atoms with Gasteiger partial charge in [0.05, 0.1) is 12.8 Å². The number of ketones is 1. The molecular weight excluding hydrogens is 518 g/mol. The largest absolute Gasteiger partial charge is 0.453 e. The lowest BCUT2D eigenvalue weighted by molar-refractivity contribution is 0.0811. The molecule has 0 spiro atoms. The Morgan fingerprint density at radius 1 is 1.21 bits per heavy atom. The molecule has 0 bridgehead atoms. The van der Waals surface area contributed by atoms with E-state index in [0.29, 0.717) is 29.2 Å². The van der Waals surface area contributed by atoms with Gasteiger partial charge in [-0.25, -0.2) is 9.78 Å². The number of halogens is 1. The number of nitrogens with two attached hydrogens (primary N) is 1. The third-order valence-corrected chi connectivity index (χ3v) is 7.10. The number of aromatic nitrogens is 3. The van der Waals surface area contributed by atoms with Crippen molar-refractivity contribution in [2.24, 2.45) is 0 Å². The number of anilines is 2. The van der Waals surface area contributed by atoms with E-state index in [2.05, 4.69) is 55.6 Å². The molecule has 2 heterocycles. The zero-order valence-corrected chi connectivity index (χ0v) is 22.2. The van der Waals surface area contributed by atoms with Crippen molar-refractivity contribution in [1.29, 1.82) is 0 Å². The quantitative estimate of drug-likeness (QED) is 0.167. The van der Waals surface area contributed by atoms with Crippen LogP contribution in [0.1, 0.15) is 16.3 Å². The Hall–Kier alpha value is -3.02. The summed E-state index contributed by atoms with van der Waals surface area (Å²) in [7, 11) is 0.0316. The summed E-state index contributed by atoms with van der Waals surface area (Å²) < 4.78 is 12.9. The number of carbonyl (C=O) groups excluding carboxylic acids is 2. The molecule has 0 saturated carbocycles. The van der Waals surface area contributed by atoms with Crippen LogP contribution >= 0.6 is 15.9 Å². The Balaban J connectivity index is 1.91. The van der Waals surface area contributed by atoms with Crippen molar-refractivity contribution in [1.82, 2.24) is 14.5 Å². The van der Waals surface area contributed by atoms with Crippen LogP contribution in [0.15, 0.2) is 47.2 Å². The van der Waals surface area contributed by atoms with Crippen molar-refractivity contribution >= 4 is 47.3 Å². The molecule has 0 saturated heterocycles. The predicted molar refractivity (Wildman–Crippen MR) is 138 cm³/mol. The van der Waals surface area contributed by atoms with Crippen molar-refractivity contribution in [2.75, 3.05) is 24.8 Å². The van der Waals surface area contributed by atoms with Crippen LogP contribution in [0, 0.1) is 0 Å². The van der Waals surface area contributed by atoms with Gasteiger partial charge in [-0.05, 0) is 52.3 Å². The predicted octanol–water partition coefficient (Wildman–Crippen LogP) is 5.01. The average Bonchev–Trinajstić information content (AvgIpc) is 3.20. The number of ether oxygens (including phenoxy) is 2. The molecule has 0 radical (unpaired) electrons. The van der Waals surface area contributed by atoms with Gasteiger partial charge in [0, 0.05) is 48.5 Å². The highest BCUT2D eigenvalue weighted by atomic mass is 79.9. The highest BCUT2D eigenvalue weighted by Crippen LogP contribution is 2.29. The lowest BCUT2D eigenvalue weighted by atomic mass is 10.1. The number of carbonyl (C=O) groups is 2. The second-order valence-electron chi connectivity index (χ2n) is 8.88. The van der Waals surface area contributed by atoms with Gasteiger partial charge in [0.25, 0.3) is 0 Å². The number of nitrogen functional groups attached to an aromatic ring is 1. The maximum atomic E-state index is 13.2. The number of benzene rings is 1. The van der Waals surface area contributed by atoms with E-state index in [0.717, 1.165) is 10.5 Å². The summed E-state index contributed by atoms with van der Waals surface area (Å²) in [5, 5.41) is 2.57. The molecule has 1 amide bonds. The maximum absolute atomic E-state index is 13.2. The number of imidazole rings is 1. The van der Waals surface area contributed by atoms with Crippen LogP contribution in [0.25, 0.3) is 11.3 Å². The van der Waals surface area contributed by atoms with Gasteiger partial charge >= 0.3 is 6.09 Å². The second-order valence-corrected chi connectivity index (χ2v) is 15.4. The maximum Gasteiger partial charge on any atom is 0.411 e. The Kier molecular flexibility index (Phi) is 8.23. The van der Waals surface area contributed by atoms with Crippen LogP contribution in [0.3, 0.4) is 0 Å². The van der Waals surface area contributed by atoms with E-state index in [1.54, 1.807) is 47.3 Å². The smallest absolute Gasteiger partial charge is 0.411 e. The molecule has 0 aliphatic carbocycles. The van der Waals surface area contributed by atoms with Gasteiger partial charge in [-0.15, -0.1) is 0 Å². The molecule has 0 aliphatic heterocycles. The van der Waals surface area contributed by atoms with Crippen molar-refractivity contribution in [3.63, 3.8) is 0 Å². The van der Waals surface area contributed by atoms with E-state index in [9.17, 15) is 9.59 Å². The van der Waals surface area contributed by atoms with E-state index < -0.39 is 14.2 Å². The van der Waals surface area contributed by atoms with Crippen LogP contribution in [0.2, 0.25) is 25.7 Å². The minimum Gasteiger partial charge on any atom is -0.453 e. The topological polar surface area (TPSA) is 121 Å². The minimum atomic E-state index is -1.25. The third kappa shape index (κ3) is 6.75. The van der Waals surface area contributed by atoms with Gasteiger partial charge in [0.15, 0.2) is 5.82 Å². The van der Waals surface area contributed by atoms with Gasteiger partial charge in [-0.3, -0.25) is 15.1 Å². The molecule has 3 aromatic rings. The van der Waals surface area contributed by atoms with Crippen LogP contribution in [-0.2, 0) is 16.2 Å². The number of hydrogen-bond acceptors (Lipinski definition) is 7. The molecule has 2 aromatic heterocycles. The summed E-state index contributed by atoms with van der Waals surface area (Å²) in [5.41, 5.74) is 8.51. The van der Waals surface area contributed by atoms with Crippen LogP contribution in [-0.4, -0.2) is 48.2 Å². The highest BCUT2D eigenvalue weighted by molar-refractivity contribution is 9.10. The number of nitrogens with zero attached hydrogens (tertiary/aromatic N) is 3. The molecule has 9 nitrogen and oxygen atoms in total. The number of pyridine rings is 1. The fourth-order valence-electron chi connectivity index (χ4n) is 3.03. The first kappa shape index (κ1) is 25.6. The van der Waals surface area contributed by atoms with Gasteiger partial charge in [-0.1, -0.05) is 19.6 Å². The van der Waals surface area contributed by atoms with Crippen molar-refractivity contribution in [3.8, 4) is 11.3 Å². The summed E-state index contributed by atoms with van der Waals surface area (Å²) in [5.74, 6) is -0.121. The molecule has 3 N–H and O–H groups in total. The number of methoxy groups -OCH3 is 1. The van der Waals surface area contributed by atoms with Crippen LogP contribution in [0.5, 0.6) is 0 Å². The van der Waals surface area contributed by atoms with Gasteiger partial charge in [0.2, 0.25) is 5.78 Å². The standard InChI is InChI=1S/C23H28BrN5O4Si/c1-32-23(31)27-16-6-7-17(18(25)11-16)20-13-29(14-33-9-10-34(2,3)4)22(28-20)21(30)19-8-5-15(24)12-26-19/h5-8,11-13H,9-10,14,25H2,1-4H3,(H,27,31). The number of hydrogen-bond donors (Lipinski definition) is 2. The highest BCUT2D eigenvalue weighted by Gasteiger charge is 2.21. The minimum absolute atomic E-state index is 0.178. The molecule has 11 heteroatoms. The molecule has 1 aromatic carbocycles. The summed E-state index contributed by atoms with van der Waals surface area (Å²) >= 11 is 3.33. The van der Waals surface area contributed by atoms with Crippen LogP contribution in [0.4, 0.5) is 16.2 Å². The molecular formula is C23H28BrN5O4Si. The van der Waals surface area contributed by atoms with Crippen molar-refractivity contribution < 1.29 is 19.1 Å². The Morgan fingerprint density at radius 3 is 2.59 bits per heavy atom. The summed E-state index contributed by atoms with van der Waals surface area (Å²) in [6.45, 7) is 7.62. The lowest BCUT2D eigenvalue weighted by Gasteiger charge is -2.15. The average molecular weight is 546 g/mol. The summed E-state index contributed by atoms with van der Waals surface area (Å²) in [4.78, 5) is 33.5. The molecule has 180 valence electrons. The van der Waals surface area contributed by atoms with Crippen molar-refractivity contribution in [3.05, 3.63) is 58.7 Å². The first-order valence-electron chi connectivity index (χ1n) is 10.6. The van der Waals surface area contributed by atoms with E-state index in [1.807, 2.05) is 0 Å². The first-order valence-corrected chi connectivity index (χ1v) is 15.1. The van der Waals surface area contributed by atoms with Gasteiger partial charge in [-0.2, -0.15) is 0 Å². The molecule has 0 unspecified atom stereocenters. The zero-order valence-electron chi connectivity index (χ0n) is 19.6. The number of rotatable bonds is 9. The van der Waals surface area contributed by atoms with Gasteiger partial charge < -0.3 is 19.8 Å². The van der Waals surface area contributed by atoms with Gasteiger partial charge in [0.1, 0.15) is 12.4 Å². The first-order chi connectivity index (χ1) is 16.1. The Bertz CT molecular complexity index is 1180. The van der Waals surface area contributed by atoms with Crippen molar-refractivity contribution in [2.45, 2.75) is 32.4 Å². The number of nitrogens with one attached hydrogen (secondary N) is 1. The Labute approximate surface area is 207 Å². The van der Waals surface area contributed by atoms with E-state index in [-0.39, 0.29) is 24.0 Å². The Morgan fingerprint density at radius 2 is 1.97 bits per heavy atom. The fourth-order valence-corrected chi connectivity index (χ4v) is 4.03. The van der Waals surface area contributed by atoms with E-state index in [1.165, 1.54) is 7.11 Å². The van der Waals surface area contributed by atoms with Crippen LogP contribution < -0.4 is 11.1 Å². The summed E-state index contributed by atoms with van der Waals surface area (Å²) in [6.07, 6.45) is 2.71. The number of amides is 1. The normalized spacial score (nSPS) is 11.3. The fraction of sp³-hybridized carbons (Fsp3) is 0.304.